The number of carbonyl (C=O) groups is 1. The molecule has 0 saturated carbocycles. The Labute approximate surface area is 124 Å². The molecule has 0 bridgehead atoms. The lowest BCUT2D eigenvalue weighted by molar-refractivity contribution is 0.187. The molecule has 1 unspecified atom stereocenters. The number of hydrogen-bond acceptors (Lipinski definition) is 2. The molecule has 1 aromatic rings. The standard InChI is InChI=1S/C13H18ClN3O.ClH/c1-15-10-5-4-8-17(9-10)13(18)16-12-7-3-2-6-11(12)14;/h2-3,6-7,10,15H,4-5,8-9H2,1H3,(H,16,18);1H. The fourth-order valence-electron chi connectivity index (χ4n) is 2.15. The molecule has 1 aliphatic heterocycles. The highest BCUT2D eigenvalue weighted by molar-refractivity contribution is 6.33. The number of piperidine rings is 1. The molecule has 2 N–H and O–H groups in total. The molecule has 0 aliphatic carbocycles. The first-order chi connectivity index (χ1) is 8.70. The summed E-state index contributed by atoms with van der Waals surface area (Å²) >= 11 is 6.02. The van der Waals surface area contributed by atoms with E-state index >= 15 is 0 Å². The molecule has 1 aliphatic rings. The number of nitrogens with zero attached hydrogens (tertiary/aromatic N) is 1. The van der Waals surface area contributed by atoms with E-state index in [1.165, 1.54) is 0 Å². The Bertz CT molecular complexity index is 428. The number of para-hydroxylation sites is 1. The zero-order valence-electron chi connectivity index (χ0n) is 10.9. The van der Waals surface area contributed by atoms with Crippen molar-refractivity contribution in [2.75, 3.05) is 25.5 Å². The molecular weight excluding hydrogens is 285 g/mol. The van der Waals surface area contributed by atoms with Crippen molar-refractivity contribution in [2.24, 2.45) is 0 Å². The third-order valence-corrected chi connectivity index (χ3v) is 3.56. The second-order valence-corrected chi connectivity index (χ2v) is 4.89. The van der Waals surface area contributed by atoms with Crippen molar-refractivity contribution in [2.45, 2.75) is 18.9 Å². The van der Waals surface area contributed by atoms with Gasteiger partial charge in [0.05, 0.1) is 10.7 Å². The van der Waals surface area contributed by atoms with Crippen molar-refractivity contribution in [1.29, 1.82) is 0 Å². The summed E-state index contributed by atoms with van der Waals surface area (Å²) in [5, 5.41) is 6.63. The summed E-state index contributed by atoms with van der Waals surface area (Å²) in [6.45, 7) is 1.54. The first-order valence-electron chi connectivity index (χ1n) is 6.18. The maximum absolute atomic E-state index is 12.1. The SMILES string of the molecule is CNC1CCCN(C(=O)Nc2ccccc2Cl)C1.Cl. The summed E-state index contributed by atoms with van der Waals surface area (Å²) in [5.74, 6) is 0. The van der Waals surface area contributed by atoms with Crippen LogP contribution in [0.2, 0.25) is 5.02 Å². The van der Waals surface area contributed by atoms with Gasteiger partial charge >= 0.3 is 6.03 Å². The quantitative estimate of drug-likeness (QED) is 0.882. The van der Waals surface area contributed by atoms with Crippen molar-refractivity contribution < 1.29 is 4.79 Å². The summed E-state index contributed by atoms with van der Waals surface area (Å²) in [4.78, 5) is 13.9. The van der Waals surface area contributed by atoms with Gasteiger partial charge in [-0.25, -0.2) is 4.79 Å². The maximum Gasteiger partial charge on any atom is 0.321 e. The lowest BCUT2D eigenvalue weighted by Crippen LogP contribution is -2.48. The van der Waals surface area contributed by atoms with E-state index in [2.05, 4.69) is 10.6 Å². The van der Waals surface area contributed by atoms with Crippen LogP contribution in [-0.4, -0.2) is 37.1 Å². The highest BCUT2D eigenvalue weighted by atomic mass is 35.5. The van der Waals surface area contributed by atoms with Gasteiger partial charge in [0.2, 0.25) is 0 Å². The molecule has 0 spiro atoms. The number of halogens is 2. The van der Waals surface area contributed by atoms with E-state index < -0.39 is 0 Å². The molecule has 0 radical (unpaired) electrons. The van der Waals surface area contributed by atoms with Gasteiger partial charge in [-0.1, -0.05) is 23.7 Å². The lowest BCUT2D eigenvalue weighted by Gasteiger charge is -2.32. The van der Waals surface area contributed by atoms with Crippen LogP contribution in [0.4, 0.5) is 10.5 Å². The van der Waals surface area contributed by atoms with Crippen LogP contribution in [-0.2, 0) is 0 Å². The second kappa shape index (κ2) is 7.58. The lowest BCUT2D eigenvalue weighted by atomic mass is 10.1. The number of carbonyl (C=O) groups excluding carboxylic acids is 1. The van der Waals surface area contributed by atoms with E-state index in [1.54, 1.807) is 12.1 Å². The number of nitrogens with one attached hydrogen (secondary N) is 2. The van der Waals surface area contributed by atoms with Crippen LogP contribution >= 0.6 is 24.0 Å². The van der Waals surface area contributed by atoms with Gasteiger partial charge in [0, 0.05) is 19.1 Å². The van der Waals surface area contributed by atoms with Crippen molar-refractivity contribution >= 4 is 35.7 Å². The average Bonchev–Trinajstić information content (AvgIpc) is 2.41. The third kappa shape index (κ3) is 4.27. The summed E-state index contributed by atoms with van der Waals surface area (Å²) < 4.78 is 0. The van der Waals surface area contributed by atoms with Crippen molar-refractivity contribution in [3.8, 4) is 0 Å². The van der Waals surface area contributed by atoms with Gasteiger partial charge in [0.25, 0.3) is 0 Å². The second-order valence-electron chi connectivity index (χ2n) is 4.48. The van der Waals surface area contributed by atoms with Crippen LogP contribution in [0.3, 0.4) is 0 Å². The first-order valence-corrected chi connectivity index (χ1v) is 6.56. The van der Waals surface area contributed by atoms with Crippen molar-refractivity contribution in [3.63, 3.8) is 0 Å². The van der Waals surface area contributed by atoms with Crippen LogP contribution in [0.5, 0.6) is 0 Å². The van der Waals surface area contributed by atoms with Crippen LogP contribution in [0.1, 0.15) is 12.8 Å². The molecule has 0 aromatic heterocycles. The van der Waals surface area contributed by atoms with Gasteiger partial charge in [-0.15, -0.1) is 12.4 Å². The van der Waals surface area contributed by atoms with Gasteiger partial charge in [-0.2, -0.15) is 0 Å². The molecule has 1 heterocycles. The molecular formula is C13H19Cl2N3O. The molecule has 1 aromatic carbocycles. The minimum atomic E-state index is -0.0805. The molecule has 1 atom stereocenters. The minimum absolute atomic E-state index is 0. The molecule has 1 fully saturated rings. The van der Waals surface area contributed by atoms with E-state index in [0.29, 0.717) is 16.8 Å². The van der Waals surface area contributed by atoms with Gasteiger partial charge in [-0.3, -0.25) is 0 Å². The highest BCUT2D eigenvalue weighted by Gasteiger charge is 2.22. The van der Waals surface area contributed by atoms with E-state index in [9.17, 15) is 4.79 Å². The van der Waals surface area contributed by atoms with E-state index in [-0.39, 0.29) is 18.4 Å². The Morgan fingerprint density at radius 2 is 2.16 bits per heavy atom. The largest absolute Gasteiger partial charge is 0.323 e. The predicted octanol–water partition coefficient (Wildman–Crippen LogP) is 2.98. The minimum Gasteiger partial charge on any atom is -0.323 e. The van der Waals surface area contributed by atoms with Crippen LogP contribution in [0.25, 0.3) is 0 Å². The first kappa shape index (κ1) is 16.1. The summed E-state index contributed by atoms with van der Waals surface area (Å²) in [5.41, 5.74) is 0.663. The normalized spacial score (nSPS) is 18.6. The molecule has 2 amide bonds. The number of likely N-dealkylation sites (tertiary alicyclic amines) is 1. The van der Waals surface area contributed by atoms with E-state index in [4.69, 9.17) is 11.6 Å². The van der Waals surface area contributed by atoms with Crippen LogP contribution in [0.15, 0.2) is 24.3 Å². The Hall–Kier alpha value is -0.970. The maximum atomic E-state index is 12.1. The number of amides is 2. The molecule has 6 heteroatoms. The molecule has 4 nitrogen and oxygen atoms in total. The number of rotatable bonds is 2. The summed E-state index contributed by atoms with van der Waals surface area (Å²) in [6, 6.07) is 7.58. The van der Waals surface area contributed by atoms with Gasteiger partial charge in [-0.05, 0) is 32.0 Å². The molecule has 106 valence electrons. The summed E-state index contributed by atoms with van der Waals surface area (Å²) in [6.07, 6.45) is 2.15. The Morgan fingerprint density at radius 1 is 1.42 bits per heavy atom. The average molecular weight is 304 g/mol. The summed E-state index contributed by atoms with van der Waals surface area (Å²) in [7, 11) is 1.93. The van der Waals surface area contributed by atoms with Crippen molar-refractivity contribution in [3.05, 3.63) is 29.3 Å². The monoisotopic (exact) mass is 303 g/mol. The molecule has 19 heavy (non-hydrogen) atoms. The molecule has 2 rings (SSSR count). The number of anilines is 1. The number of hydrogen-bond donors (Lipinski definition) is 2. The molecule has 1 saturated heterocycles. The van der Waals surface area contributed by atoms with Crippen LogP contribution in [0, 0.1) is 0 Å². The zero-order valence-corrected chi connectivity index (χ0v) is 12.4. The fraction of sp³-hybridized carbons (Fsp3) is 0.462. The van der Waals surface area contributed by atoms with Gasteiger partial charge < -0.3 is 15.5 Å². The Balaban J connectivity index is 0.00000180. The number of benzene rings is 1. The van der Waals surface area contributed by atoms with Crippen molar-refractivity contribution in [1.82, 2.24) is 10.2 Å². The van der Waals surface area contributed by atoms with E-state index in [0.717, 1.165) is 25.9 Å². The number of likely N-dealkylation sites (N-methyl/N-ethyl adjacent to an activating group) is 1. The number of urea groups is 1. The van der Waals surface area contributed by atoms with Gasteiger partial charge in [0.15, 0.2) is 0 Å². The highest BCUT2D eigenvalue weighted by Crippen LogP contribution is 2.21. The Kier molecular flexibility index (Phi) is 6.42. The zero-order chi connectivity index (χ0) is 13.0. The fourth-order valence-corrected chi connectivity index (χ4v) is 2.34. The third-order valence-electron chi connectivity index (χ3n) is 3.23. The van der Waals surface area contributed by atoms with E-state index in [1.807, 2.05) is 24.1 Å². The smallest absolute Gasteiger partial charge is 0.321 e. The van der Waals surface area contributed by atoms with Gasteiger partial charge in [0.1, 0.15) is 0 Å². The predicted molar refractivity (Wildman–Crippen MR) is 81.4 cm³/mol. The van der Waals surface area contributed by atoms with Crippen LogP contribution < -0.4 is 10.6 Å². The Morgan fingerprint density at radius 3 is 2.84 bits per heavy atom. The topological polar surface area (TPSA) is 44.4 Å².